The molecule has 1 heterocycles. The second kappa shape index (κ2) is 7.99. The molecular weight excluding hydrogens is 302 g/mol. The van der Waals surface area contributed by atoms with Gasteiger partial charge in [0.1, 0.15) is 0 Å². The van der Waals surface area contributed by atoms with Crippen LogP contribution in [0.3, 0.4) is 0 Å². The van der Waals surface area contributed by atoms with E-state index in [2.05, 4.69) is 42.3 Å². The average molecular weight is 333 g/mol. The molecule has 0 bridgehead atoms. The molecule has 1 aromatic carbocycles. The number of rotatable bonds is 5. The quantitative estimate of drug-likeness (QED) is 0.871. The van der Waals surface area contributed by atoms with Gasteiger partial charge in [0.25, 0.3) is 0 Å². The molecule has 0 saturated carbocycles. The molecule has 0 aromatic heterocycles. The zero-order chi connectivity index (χ0) is 17.7. The van der Waals surface area contributed by atoms with Gasteiger partial charge in [0, 0.05) is 38.4 Å². The molecule has 2 amide bonds. The fourth-order valence-corrected chi connectivity index (χ4v) is 3.25. The van der Waals surface area contributed by atoms with Gasteiger partial charge in [0.05, 0.1) is 5.60 Å². The van der Waals surface area contributed by atoms with E-state index < -0.39 is 5.60 Å². The van der Waals surface area contributed by atoms with Gasteiger partial charge in [-0.05, 0) is 37.8 Å². The van der Waals surface area contributed by atoms with Crippen molar-refractivity contribution in [2.75, 3.05) is 38.0 Å². The fraction of sp³-hybridized carbons (Fsp3) is 0.632. The summed E-state index contributed by atoms with van der Waals surface area (Å²) in [6, 6.07) is 6.20. The summed E-state index contributed by atoms with van der Waals surface area (Å²) in [6.07, 6.45) is 1.81. The number of hydrogen-bond acceptors (Lipinski definition) is 3. The van der Waals surface area contributed by atoms with E-state index in [0.717, 1.165) is 31.6 Å². The van der Waals surface area contributed by atoms with Crippen molar-refractivity contribution < 1.29 is 9.90 Å². The Kier molecular flexibility index (Phi) is 6.24. The number of aryl methyl sites for hydroxylation is 2. The second-order valence-corrected chi connectivity index (χ2v) is 7.16. The lowest BCUT2D eigenvalue weighted by atomic mass is 10.0. The van der Waals surface area contributed by atoms with E-state index in [0.29, 0.717) is 19.6 Å². The summed E-state index contributed by atoms with van der Waals surface area (Å²) in [5.41, 5.74) is 2.65. The Bertz CT molecular complexity index is 536. The van der Waals surface area contributed by atoms with Crippen LogP contribution in [0.4, 0.5) is 10.5 Å². The lowest BCUT2D eigenvalue weighted by Crippen LogP contribution is -2.52. The predicted octanol–water partition coefficient (Wildman–Crippen LogP) is 2.73. The molecule has 1 aliphatic heterocycles. The van der Waals surface area contributed by atoms with Gasteiger partial charge in [-0.1, -0.05) is 32.0 Å². The summed E-state index contributed by atoms with van der Waals surface area (Å²) in [4.78, 5) is 16.7. The van der Waals surface area contributed by atoms with Crippen molar-refractivity contribution in [3.8, 4) is 0 Å². The third-order valence-corrected chi connectivity index (χ3v) is 4.50. The molecule has 0 aliphatic carbocycles. The van der Waals surface area contributed by atoms with Gasteiger partial charge in [-0.25, -0.2) is 4.79 Å². The van der Waals surface area contributed by atoms with E-state index in [1.54, 1.807) is 0 Å². The number of anilines is 1. The van der Waals surface area contributed by atoms with Crippen molar-refractivity contribution in [1.82, 2.24) is 9.80 Å². The summed E-state index contributed by atoms with van der Waals surface area (Å²) in [5, 5.41) is 13.1. The number of urea groups is 1. The number of carbonyl (C=O) groups excluding carboxylic acids is 1. The van der Waals surface area contributed by atoms with Crippen LogP contribution in [-0.4, -0.2) is 59.3 Å². The molecule has 134 valence electrons. The Morgan fingerprint density at radius 3 is 2.12 bits per heavy atom. The largest absolute Gasteiger partial charge is 0.389 e. The first-order valence-corrected chi connectivity index (χ1v) is 8.95. The van der Waals surface area contributed by atoms with E-state index in [-0.39, 0.29) is 6.03 Å². The Hall–Kier alpha value is -1.59. The van der Waals surface area contributed by atoms with Crippen molar-refractivity contribution in [2.45, 2.75) is 46.1 Å². The highest BCUT2D eigenvalue weighted by Gasteiger charge is 2.25. The molecule has 1 aliphatic rings. The fourth-order valence-electron chi connectivity index (χ4n) is 3.25. The van der Waals surface area contributed by atoms with Crippen LogP contribution in [0, 0.1) is 0 Å². The van der Waals surface area contributed by atoms with E-state index in [9.17, 15) is 9.90 Å². The summed E-state index contributed by atoms with van der Waals surface area (Å²) in [6.45, 7) is 11.5. The molecule has 2 rings (SSSR count). The minimum absolute atomic E-state index is 0.0199. The number of carbonyl (C=O) groups is 1. The van der Waals surface area contributed by atoms with Crippen LogP contribution in [0.1, 0.15) is 38.8 Å². The zero-order valence-corrected chi connectivity index (χ0v) is 15.4. The molecule has 0 radical (unpaired) electrons. The molecule has 2 N–H and O–H groups in total. The van der Waals surface area contributed by atoms with Gasteiger partial charge in [-0.15, -0.1) is 0 Å². The normalized spacial score (nSPS) is 16.3. The number of hydrogen-bond donors (Lipinski definition) is 2. The van der Waals surface area contributed by atoms with Crippen LogP contribution in [0.2, 0.25) is 0 Å². The maximum atomic E-state index is 12.6. The van der Waals surface area contributed by atoms with Crippen LogP contribution >= 0.6 is 0 Å². The number of aliphatic hydroxyl groups is 1. The maximum Gasteiger partial charge on any atom is 0.321 e. The van der Waals surface area contributed by atoms with Gasteiger partial charge in [0.2, 0.25) is 0 Å². The highest BCUT2D eigenvalue weighted by atomic mass is 16.3. The minimum atomic E-state index is -0.694. The average Bonchev–Trinajstić information content (AvgIpc) is 2.54. The standard InChI is InChI=1S/C19H31N3O2/c1-5-15-8-7-9-16(6-2)17(15)20-18(23)22-12-10-21(11-13-22)14-19(3,4)24/h7-9,24H,5-6,10-14H2,1-4H3,(H,20,23). The van der Waals surface area contributed by atoms with Crippen LogP contribution in [0.5, 0.6) is 0 Å². The number of piperazine rings is 1. The molecule has 1 saturated heterocycles. The minimum Gasteiger partial charge on any atom is -0.389 e. The van der Waals surface area contributed by atoms with Crippen molar-refractivity contribution in [2.24, 2.45) is 0 Å². The molecule has 1 fully saturated rings. The zero-order valence-electron chi connectivity index (χ0n) is 15.4. The molecule has 0 spiro atoms. The lowest BCUT2D eigenvalue weighted by Gasteiger charge is -2.37. The first kappa shape index (κ1) is 18.7. The van der Waals surface area contributed by atoms with Crippen molar-refractivity contribution in [3.05, 3.63) is 29.3 Å². The Morgan fingerprint density at radius 2 is 1.67 bits per heavy atom. The van der Waals surface area contributed by atoms with Crippen LogP contribution in [0.15, 0.2) is 18.2 Å². The monoisotopic (exact) mass is 333 g/mol. The van der Waals surface area contributed by atoms with Crippen LogP contribution in [0.25, 0.3) is 0 Å². The number of β-amino-alcohol motifs (C(OH)–C–C–N with tert-alkyl or cyclic N) is 1. The summed E-state index contributed by atoms with van der Waals surface area (Å²) < 4.78 is 0. The molecule has 5 heteroatoms. The molecule has 5 nitrogen and oxygen atoms in total. The van der Waals surface area contributed by atoms with Crippen molar-refractivity contribution >= 4 is 11.7 Å². The first-order chi connectivity index (χ1) is 11.3. The molecule has 1 aromatic rings. The van der Waals surface area contributed by atoms with Crippen molar-refractivity contribution in [1.29, 1.82) is 0 Å². The number of para-hydroxylation sites is 1. The number of amides is 2. The van der Waals surface area contributed by atoms with Gasteiger partial charge < -0.3 is 15.3 Å². The summed E-state index contributed by atoms with van der Waals surface area (Å²) in [5.74, 6) is 0. The lowest BCUT2D eigenvalue weighted by molar-refractivity contribution is 0.0231. The Labute approximate surface area is 145 Å². The van der Waals surface area contributed by atoms with E-state index in [1.165, 1.54) is 11.1 Å². The van der Waals surface area contributed by atoms with Crippen molar-refractivity contribution in [3.63, 3.8) is 0 Å². The number of nitrogens with one attached hydrogen (secondary N) is 1. The molecule has 0 unspecified atom stereocenters. The van der Waals surface area contributed by atoms with Gasteiger partial charge >= 0.3 is 6.03 Å². The molecular formula is C19H31N3O2. The van der Waals surface area contributed by atoms with E-state index in [4.69, 9.17) is 0 Å². The van der Waals surface area contributed by atoms with Gasteiger partial charge in [-0.3, -0.25) is 4.90 Å². The Balaban J connectivity index is 1.97. The highest BCUT2D eigenvalue weighted by Crippen LogP contribution is 2.23. The second-order valence-electron chi connectivity index (χ2n) is 7.16. The smallest absolute Gasteiger partial charge is 0.321 e. The highest BCUT2D eigenvalue weighted by molar-refractivity contribution is 5.91. The third-order valence-electron chi connectivity index (χ3n) is 4.50. The number of benzene rings is 1. The maximum absolute atomic E-state index is 12.6. The Morgan fingerprint density at radius 1 is 1.12 bits per heavy atom. The van der Waals surface area contributed by atoms with Gasteiger partial charge in [0.15, 0.2) is 0 Å². The van der Waals surface area contributed by atoms with Gasteiger partial charge in [-0.2, -0.15) is 0 Å². The summed E-state index contributed by atoms with van der Waals surface area (Å²) >= 11 is 0. The van der Waals surface area contributed by atoms with E-state index in [1.807, 2.05) is 18.7 Å². The third kappa shape index (κ3) is 4.95. The number of nitrogens with zero attached hydrogens (tertiary/aromatic N) is 2. The first-order valence-electron chi connectivity index (χ1n) is 8.95. The summed E-state index contributed by atoms with van der Waals surface area (Å²) in [7, 11) is 0. The topological polar surface area (TPSA) is 55.8 Å². The molecule has 0 atom stereocenters. The molecule has 24 heavy (non-hydrogen) atoms. The van der Waals surface area contributed by atoms with Crippen LogP contribution < -0.4 is 5.32 Å². The SMILES string of the molecule is CCc1cccc(CC)c1NC(=O)N1CCN(CC(C)(C)O)CC1. The van der Waals surface area contributed by atoms with E-state index >= 15 is 0 Å². The predicted molar refractivity (Wildman–Crippen MR) is 98.5 cm³/mol. The van der Waals surface area contributed by atoms with Crippen LogP contribution in [-0.2, 0) is 12.8 Å².